The second kappa shape index (κ2) is 9.59. The maximum atomic E-state index is 12.0. The molecule has 6 nitrogen and oxygen atoms in total. The summed E-state index contributed by atoms with van der Waals surface area (Å²) in [5.41, 5.74) is 5.69. The lowest BCUT2D eigenvalue weighted by Gasteiger charge is -2.33. The molecule has 1 heterocycles. The van der Waals surface area contributed by atoms with Gasteiger partial charge in [-0.3, -0.25) is 4.79 Å². The Morgan fingerprint density at radius 1 is 1.25 bits per heavy atom. The van der Waals surface area contributed by atoms with Gasteiger partial charge in [-0.1, -0.05) is 6.07 Å². The second-order valence-electron chi connectivity index (χ2n) is 5.87. The number of ether oxygens (including phenoxy) is 3. The van der Waals surface area contributed by atoms with E-state index < -0.39 is 0 Å². The van der Waals surface area contributed by atoms with Gasteiger partial charge in [-0.2, -0.15) is 0 Å². The fourth-order valence-corrected chi connectivity index (χ4v) is 2.73. The third kappa shape index (κ3) is 5.18. The molecule has 0 aromatic heterocycles. The molecule has 136 valence electrons. The first kappa shape index (κ1) is 20.4. The van der Waals surface area contributed by atoms with Crippen LogP contribution < -0.4 is 19.9 Å². The Morgan fingerprint density at radius 2 is 1.79 bits per heavy atom. The van der Waals surface area contributed by atoms with Crippen LogP contribution in [-0.2, 0) is 4.79 Å². The molecular formula is C17H27ClN2O4. The zero-order chi connectivity index (χ0) is 16.8. The number of benzene rings is 1. The molecule has 7 heteroatoms. The lowest BCUT2D eigenvalue weighted by Crippen LogP contribution is -2.43. The van der Waals surface area contributed by atoms with Gasteiger partial charge in [0, 0.05) is 38.4 Å². The molecule has 1 atom stereocenters. The second-order valence-corrected chi connectivity index (χ2v) is 5.87. The highest BCUT2D eigenvalue weighted by molar-refractivity contribution is 5.85. The van der Waals surface area contributed by atoms with E-state index in [4.69, 9.17) is 19.9 Å². The quantitative estimate of drug-likeness (QED) is 0.844. The van der Waals surface area contributed by atoms with Crippen molar-refractivity contribution in [1.82, 2.24) is 4.90 Å². The first-order valence-corrected chi connectivity index (χ1v) is 7.96. The van der Waals surface area contributed by atoms with E-state index in [-0.39, 0.29) is 30.5 Å². The highest BCUT2D eigenvalue weighted by Crippen LogP contribution is 2.38. The summed E-state index contributed by atoms with van der Waals surface area (Å²) in [6, 6.07) is 5.45. The largest absolute Gasteiger partial charge is 0.493 e. The van der Waals surface area contributed by atoms with Crippen LogP contribution in [0.3, 0.4) is 0 Å². The topological polar surface area (TPSA) is 74.0 Å². The molecule has 0 spiro atoms. The molecule has 1 unspecified atom stereocenters. The summed E-state index contributed by atoms with van der Waals surface area (Å²) in [5, 5.41) is 0. The zero-order valence-corrected chi connectivity index (χ0v) is 15.3. The number of hydrogen-bond acceptors (Lipinski definition) is 5. The Kier molecular flexibility index (Phi) is 8.15. The van der Waals surface area contributed by atoms with Crippen molar-refractivity contribution >= 4 is 18.3 Å². The molecule has 1 aliphatic heterocycles. The molecule has 0 saturated carbocycles. The van der Waals surface area contributed by atoms with Crippen LogP contribution in [0.25, 0.3) is 0 Å². The maximum absolute atomic E-state index is 12.0. The van der Waals surface area contributed by atoms with E-state index in [2.05, 4.69) is 0 Å². The molecule has 0 aliphatic carbocycles. The summed E-state index contributed by atoms with van der Waals surface area (Å²) < 4.78 is 16.8. The molecule has 2 N–H and O–H groups in total. The van der Waals surface area contributed by atoms with Crippen LogP contribution in [0.1, 0.15) is 26.2 Å². The average Bonchev–Trinajstić information content (AvgIpc) is 2.55. The van der Waals surface area contributed by atoms with Gasteiger partial charge in [0.15, 0.2) is 11.5 Å². The standard InChI is InChI=1S/C17H26N2O4.ClH/c1-12(18)11-16(20)19-9-7-13(8-10-19)23-17-14(21-2)5-4-6-15(17)22-3;/h4-6,12-13H,7-11,18H2,1-3H3;1H. The number of rotatable bonds is 6. The Morgan fingerprint density at radius 3 is 2.25 bits per heavy atom. The monoisotopic (exact) mass is 358 g/mol. The van der Waals surface area contributed by atoms with Crippen molar-refractivity contribution in [3.63, 3.8) is 0 Å². The Hall–Kier alpha value is -1.66. The lowest BCUT2D eigenvalue weighted by molar-refractivity contribution is -0.133. The number of amides is 1. The molecule has 1 amide bonds. The molecular weight excluding hydrogens is 332 g/mol. The molecule has 1 fully saturated rings. The van der Waals surface area contributed by atoms with Gasteiger partial charge in [0.1, 0.15) is 6.10 Å². The Balaban J connectivity index is 0.00000288. The van der Waals surface area contributed by atoms with Crippen molar-refractivity contribution in [3.05, 3.63) is 18.2 Å². The third-order valence-corrected chi connectivity index (χ3v) is 3.96. The average molecular weight is 359 g/mol. The Labute approximate surface area is 149 Å². The van der Waals surface area contributed by atoms with E-state index in [0.717, 1.165) is 12.8 Å². The number of likely N-dealkylation sites (tertiary alicyclic amines) is 1. The molecule has 1 aromatic carbocycles. The van der Waals surface area contributed by atoms with Crippen LogP contribution in [0.2, 0.25) is 0 Å². The predicted octanol–water partition coefficient (Wildman–Crippen LogP) is 2.23. The smallest absolute Gasteiger partial charge is 0.224 e. The van der Waals surface area contributed by atoms with E-state index in [1.807, 2.05) is 30.0 Å². The lowest BCUT2D eigenvalue weighted by atomic mass is 10.1. The minimum absolute atomic E-state index is 0. The van der Waals surface area contributed by atoms with Gasteiger partial charge in [0.05, 0.1) is 14.2 Å². The number of carbonyl (C=O) groups is 1. The summed E-state index contributed by atoms with van der Waals surface area (Å²) in [4.78, 5) is 13.9. The molecule has 24 heavy (non-hydrogen) atoms. The van der Waals surface area contributed by atoms with Crippen molar-refractivity contribution in [2.75, 3.05) is 27.3 Å². The highest BCUT2D eigenvalue weighted by Gasteiger charge is 2.26. The number of carbonyl (C=O) groups excluding carboxylic acids is 1. The summed E-state index contributed by atoms with van der Waals surface area (Å²) in [6.07, 6.45) is 2.00. The fraction of sp³-hybridized carbons (Fsp3) is 0.588. The van der Waals surface area contributed by atoms with Crippen molar-refractivity contribution in [2.45, 2.75) is 38.3 Å². The van der Waals surface area contributed by atoms with Crippen LogP contribution in [0.5, 0.6) is 17.2 Å². The van der Waals surface area contributed by atoms with Gasteiger partial charge >= 0.3 is 0 Å². The van der Waals surface area contributed by atoms with Crippen LogP contribution in [0, 0.1) is 0 Å². The van der Waals surface area contributed by atoms with Crippen LogP contribution >= 0.6 is 12.4 Å². The third-order valence-electron chi connectivity index (χ3n) is 3.96. The molecule has 2 rings (SSSR count). The molecule has 0 bridgehead atoms. The van der Waals surface area contributed by atoms with Gasteiger partial charge in [-0.05, 0) is 19.1 Å². The van der Waals surface area contributed by atoms with Crippen molar-refractivity contribution in [3.8, 4) is 17.2 Å². The van der Waals surface area contributed by atoms with E-state index in [9.17, 15) is 4.79 Å². The number of halogens is 1. The first-order chi connectivity index (χ1) is 11.0. The molecule has 1 aliphatic rings. The van der Waals surface area contributed by atoms with Crippen molar-refractivity contribution < 1.29 is 19.0 Å². The summed E-state index contributed by atoms with van der Waals surface area (Å²) >= 11 is 0. The first-order valence-electron chi connectivity index (χ1n) is 7.96. The maximum Gasteiger partial charge on any atom is 0.224 e. The van der Waals surface area contributed by atoms with Gasteiger partial charge in [0.2, 0.25) is 11.7 Å². The van der Waals surface area contributed by atoms with E-state index in [1.54, 1.807) is 14.2 Å². The number of hydrogen-bond donors (Lipinski definition) is 1. The number of methoxy groups -OCH3 is 2. The molecule has 1 saturated heterocycles. The van der Waals surface area contributed by atoms with Crippen molar-refractivity contribution in [1.29, 1.82) is 0 Å². The number of nitrogens with two attached hydrogens (primary N) is 1. The van der Waals surface area contributed by atoms with Gasteiger partial charge < -0.3 is 24.8 Å². The van der Waals surface area contributed by atoms with Gasteiger partial charge in [-0.15, -0.1) is 12.4 Å². The summed E-state index contributed by atoms with van der Waals surface area (Å²) in [5.74, 6) is 2.05. The van der Waals surface area contributed by atoms with Crippen LogP contribution in [0.4, 0.5) is 0 Å². The van der Waals surface area contributed by atoms with Gasteiger partial charge in [-0.25, -0.2) is 0 Å². The minimum atomic E-state index is -0.102. The summed E-state index contributed by atoms with van der Waals surface area (Å²) in [6.45, 7) is 3.23. The van der Waals surface area contributed by atoms with Crippen LogP contribution in [0.15, 0.2) is 18.2 Å². The Bertz CT molecular complexity index is 509. The molecule has 0 radical (unpaired) electrons. The van der Waals surface area contributed by atoms with E-state index >= 15 is 0 Å². The van der Waals surface area contributed by atoms with Gasteiger partial charge in [0.25, 0.3) is 0 Å². The molecule has 1 aromatic rings. The number of para-hydroxylation sites is 1. The van der Waals surface area contributed by atoms with Crippen LogP contribution in [-0.4, -0.2) is 50.3 Å². The van der Waals surface area contributed by atoms with E-state index in [0.29, 0.717) is 36.8 Å². The fourth-order valence-electron chi connectivity index (χ4n) is 2.73. The normalized spacial score (nSPS) is 16.1. The summed E-state index contributed by atoms with van der Waals surface area (Å²) in [7, 11) is 3.22. The SMILES string of the molecule is COc1cccc(OC)c1OC1CCN(C(=O)CC(C)N)CC1.Cl. The highest BCUT2D eigenvalue weighted by atomic mass is 35.5. The minimum Gasteiger partial charge on any atom is -0.493 e. The van der Waals surface area contributed by atoms with Crippen molar-refractivity contribution in [2.24, 2.45) is 5.73 Å². The number of nitrogens with zero attached hydrogens (tertiary/aromatic N) is 1. The van der Waals surface area contributed by atoms with E-state index in [1.165, 1.54) is 0 Å². The predicted molar refractivity (Wildman–Crippen MR) is 95.3 cm³/mol. The number of piperidine rings is 1. The zero-order valence-electron chi connectivity index (χ0n) is 14.5.